The van der Waals surface area contributed by atoms with Crippen LogP contribution in [0.15, 0.2) is 29.0 Å². The van der Waals surface area contributed by atoms with Gasteiger partial charge in [-0.3, -0.25) is 0 Å². The van der Waals surface area contributed by atoms with Gasteiger partial charge < -0.3 is 19.2 Å². The summed E-state index contributed by atoms with van der Waals surface area (Å²) in [4.78, 5) is 4.22. The molecule has 2 aromatic rings. The minimum absolute atomic E-state index is 0.587. The van der Waals surface area contributed by atoms with Crippen molar-refractivity contribution in [1.82, 2.24) is 10.3 Å². The van der Waals surface area contributed by atoms with E-state index >= 15 is 0 Å². The third-order valence-corrected chi connectivity index (χ3v) is 2.79. The van der Waals surface area contributed by atoms with Gasteiger partial charge in [0, 0.05) is 12.1 Å². The highest BCUT2D eigenvalue weighted by atomic mass is 16.5. The summed E-state index contributed by atoms with van der Waals surface area (Å²) in [6, 6.07) is 5.77. The Morgan fingerprint density at radius 3 is 2.60 bits per heavy atom. The fourth-order valence-corrected chi connectivity index (χ4v) is 1.99. The molecule has 108 valence electrons. The lowest BCUT2D eigenvalue weighted by atomic mass is 10.1. The normalized spacial score (nSPS) is 10.6. The Kier molecular flexibility index (Phi) is 5.01. The third-order valence-electron chi connectivity index (χ3n) is 2.79. The van der Waals surface area contributed by atoms with Crippen LogP contribution in [0.1, 0.15) is 19.5 Å². The average molecular weight is 276 g/mol. The minimum atomic E-state index is 0.587. The zero-order valence-corrected chi connectivity index (χ0v) is 12.1. The molecule has 0 atom stereocenters. The number of rotatable bonds is 7. The molecule has 1 heterocycles. The zero-order chi connectivity index (χ0) is 14.4. The van der Waals surface area contributed by atoms with Crippen LogP contribution in [0.3, 0.4) is 0 Å². The lowest BCUT2D eigenvalue weighted by Gasteiger charge is -2.12. The van der Waals surface area contributed by atoms with Crippen LogP contribution in [0.25, 0.3) is 11.3 Å². The van der Waals surface area contributed by atoms with E-state index < -0.39 is 0 Å². The first-order chi connectivity index (χ1) is 9.80. The molecule has 20 heavy (non-hydrogen) atoms. The van der Waals surface area contributed by atoms with Gasteiger partial charge >= 0.3 is 0 Å². The molecule has 0 saturated heterocycles. The summed E-state index contributed by atoms with van der Waals surface area (Å²) < 4.78 is 16.7. The lowest BCUT2D eigenvalue weighted by molar-refractivity contribution is 0.288. The molecular weight excluding hydrogens is 256 g/mol. The van der Waals surface area contributed by atoms with Gasteiger partial charge in [-0.15, -0.1) is 0 Å². The molecule has 0 bridgehead atoms. The second-order valence-corrected chi connectivity index (χ2v) is 4.19. The number of ether oxygens (including phenoxy) is 2. The van der Waals surface area contributed by atoms with Crippen molar-refractivity contribution in [3.05, 3.63) is 30.3 Å². The minimum Gasteiger partial charge on any atom is -0.490 e. The van der Waals surface area contributed by atoms with E-state index in [1.165, 1.54) is 6.39 Å². The fraction of sp³-hybridized carbons (Fsp3) is 0.400. The monoisotopic (exact) mass is 276 g/mol. The quantitative estimate of drug-likeness (QED) is 0.842. The largest absolute Gasteiger partial charge is 0.490 e. The maximum absolute atomic E-state index is 5.63. The van der Waals surface area contributed by atoms with Gasteiger partial charge in [0.1, 0.15) is 5.69 Å². The van der Waals surface area contributed by atoms with Crippen LogP contribution in [0, 0.1) is 0 Å². The summed E-state index contributed by atoms with van der Waals surface area (Å²) >= 11 is 0. The molecule has 5 heteroatoms. The van der Waals surface area contributed by atoms with Crippen LogP contribution in [-0.2, 0) is 6.54 Å². The molecule has 1 aromatic carbocycles. The first kappa shape index (κ1) is 14.4. The molecule has 0 saturated carbocycles. The van der Waals surface area contributed by atoms with Crippen LogP contribution in [0.4, 0.5) is 0 Å². The molecule has 0 aliphatic rings. The molecule has 1 N–H and O–H groups in total. The molecule has 0 amide bonds. The molecule has 2 rings (SSSR count). The molecule has 0 aliphatic heterocycles. The summed E-state index contributed by atoms with van der Waals surface area (Å²) in [6.07, 6.45) is 1.46. The Bertz CT molecular complexity index is 552. The van der Waals surface area contributed by atoms with Crippen molar-refractivity contribution in [3.8, 4) is 22.8 Å². The van der Waals surface area contributed by atoms with Gasteiger partial charge in [-0.05, 0) is 39.1 Å². The standard InChI is InChI=1S/C15H20N2O3/c1-4-18-13-7-6-11(8-14(13)19-5-2)15-12(9-16-3)17-10-20-15/h6-8,10,16H,4-5,9H2,1-3H3. The highest BCUT2D eigenvalue weighted by molar-refractivity contribution is 5.64. The third kappa shape index (κ3) is 3.11. The first-order valence-corrected chi connectivity index (χ1v) is 6.77. The topological polar surface area (TPSA) is 56.5 Å². The van der Waals surface area contributed by atoms with E-state index in [9.17, 15) is 0 Å². The van der Waals surface area contributed by atoms with Crippen molar-refractivity contribution in [2.45, 2.75) is 20.4 Å². The van der Waals surface area contributed by atoms with E-state index in [1.54, 1.807) is 0 Å². The Labute approximate surface area is 118 Å². The van der Waals surface area contributed by atoms with Gasteiger partial charge in [-0.2, -0.15) is 0 Å². The molecule has 0 radical (unpaired) electrons. The number of hydrogen-bond donors (Lipinski definition) is 1. The first-order valence-electron chi connectivity index (χ1n) is 6.77. The van der Waals surface area contributed by atoms with Crippen molar-refractivity contribution >= 4 is 0 Å². The molecule has 0 spiro atoms. The van der Waals surface area contributed by atoms with Crippen molar-refractivity contribution in [1.29, 1.82) is 0 Å². The number of benzene rings is 1. The van der Waals surface area contributed by atoms with Crippen LogP contribution >= 0.6 is 0 Å². The Balaban J connectivity index is 2.36. The maximum Gasteiger partial charge on any atom is 0.181 e. The van der Waals surface area contributed by atoms with Crippen molar-refractivity contribution in [3.63, 3.8) is 0 Å². The van der Waals surface area contributed by atoms with Gasteiger partial charge in [0.2, 0.25) is 0 Å². The van der Waals surface area contributed by atoms with Crippen LogP contribution < -0.4 is 14.8 Å². The summed E-state index contributed by atoms with van der Waals surface area (Å²) in [5.74, 6) is 2.22. The summed E-state index contributed by atoms with van der Waals surface area (Å²) in [5.41, 5.74) is 1.80. The molecule has 0 fully saturated rings. The summed E-state index contributed by atoms with van der Waals surface area (Å²) in [7, 11) is 1.88. The number of nitrogens with zero attached hydrogens (tertiary/aromatic N) is 1. The Hall–Kier alpha value is -2.01. The fourth-order valence-electron chi connectivity index (χ4n) is 1.99. The van der Waals surface area contributed by atoms with Gasteiger partial charge in [0.25, 0.3) is 0 Å². The van der Waals surface area contributed by atoms with E-state index in [0.29, 0.717) is 19.8 Å². The number of hydrogen-bond acceptors (Lipinski definition) is 5. The average Bonchev–Trinajstić information content (AvgIpc) is 2.90. The van der Waals surface area contributed by atoms with E-state index in [-0.39, 0.29) is 0 Å². The molecule has 0 aliphatic carbocycles. The van der Waals surface area contributed by atoms with Gasteiger partial charge in [0.15, 0.2) is 23.7 Å². The van der Waals surface area contributed by atoms with Gasteiger partial charge in [0.05, 0.1) is 13.2 Å². The van der Waals surface area contributed by atoms with Crippen molar-refractivity contribution in [2.24, 2.45) is 0 Å². The van der Waals surface area contributed by atoms with E-state index in [4.69, 9.17) is 13.9 Å². The SMILES string of the molecule is CCOc1ccc(-c2ocnc2CNC)cc1OCC. The second kappa shape index (κ2) is 6.96. The zero-order valence-electron chi connectivity index (χ0n) is 12.1. The van der Waals surface area contributed by atoms with Crippen LogP contribution in [0.2, 0.25) is 0 Å². The number of oxazole rings is 1. The number of aromatic nitrogens is 1. The van der Waals surface area contributed by atoms with Gasteiger partial charge in [-0.25, -0.2) is 4.98 Å². The highest BCUT2D eigenvalue weighted by Gasteiger charge is 2.13. The Morgan fingerprint density at radius 2 is 1.90 bits per heavy atom. The molecule has 5 nitrogen and oxygen atoms in total. The predicted molar refractivity (Wildman–Crippen MR) is 77.0 cm³/mol. The van der Waals surface area contributed by atoms with Crippen molar-refractivity contribution in [2.75, 3.05) is 20.3 Å². The highest BCUT2D eigenvalue weighted by Crippen LogP contribution is 2.34. The number of nitrogens with one attached hydrogen (secondary N) is 1. The summed E-state index contributed by atoms with van der Waals surface area (Å²) in [5, 5.41) is 3.07. The van der Waals surface area contributed by atoms with Crippen LogP contribution in [-0.4, -0.2) is 25.2 Å². The maximum atomic E-state index is 5.63. The lowest BCUT2D eigenvalue weighted by Crippen LogP contribution is -2.06. The van der Waals surface area contributed by atoms with E-state index in [1.807, 2.05) is 39.1 Å². The summed E-state index contributed by atoms with van der Waals surface area (Å²) in [6.45, 7) is 5.74. The van der Waals surface area contributed by atoms with Crippen LogP contribution in [0.5, 0.6) is 11.5 Å². The Morgan fingerprint density at radius 1 is 1.15 bits per heavy atom. The van der Waals surface area contributed by atoms with E-state index in [2.05, 4.69) is 10.3 Å². The predicted octanol–water partition coefficient (Wildman–Crippen LogP) is 2.86. The molecular formula is C15H20N2O3. The molecule has 0 unspecified atom stereocenters. The van der Waals surface area contributed by atoms with Crippen molar-refractivity contribution < 1.29 is 13.9 Å². The second-order valence-electron chi connectivity index (χ2n) is 4.19. The van der Waals surface area contributed by atoms with E-state index in [0.717, 1.165) is 28.5 Å². The smallest absolute Gasteiger partial charge is 0.181 e. The van der Waals surface area contributed by atoms with Gasteiger partial charge in [-0.1, -0.05) is 0 Å². The molecule has 1 aromatic heterocycles.